The number of benzene rings is 1. The molecule has 2 heterocycles. The summed E-state index contributed by atoms with van der Waals surface area (Å²) in [6, 6.07) is 7.97. The minimum Gasteiger partial charge on any atom is -0.472 e. The number of likely N-dealkylation sites (tertiary alicyclic amines) is 1. The number of aryl methyl sites for hydroxylation is 2. The summed E-state index contributed by atoms with van der Waals surface area (Å²) in [6.45, 7) is 9.22. The minimum absolute atomic E-state index is 0.130. The Balaban J connectivity index is 1.69. The van der Waals surface area contributed by atoms with Gasteiger partial charge in [0.15, 0.2) is 0 Å². The van der Waals surface area contributed by atoms with Crippen molar-refractivity contribution in [3.8, 4) is 5.88 Å². The molecule has 2 aromatic rings. The number of hydrogen-bond donors (Lipinski definition) is 0. The predicted octanol–water partition coefficient (Wildman–Crippen LogP) is 2.81. The fourth-order valence-corrected chi connectivity index (χ4v) is 5.26. The average Bonchev–Trinajstić information content (AvgIpc) is 2.73. The summed E-state index contributed by atoms with van der Waals surface area (Å²) in [6.07, 6.45) is 1.52. The molecule has 0 saturated carbocycles. The van der Waals surface area contributed by atoms with Crippen LogP contribution < -0.4 is 4.74 Å². The summed E-state index contributed by atoms with van der Waals surface area (Å²) in [5.74, 6) is 1.05. The van der Waals surface area contributed by atoms with Crippen molar-refractivity contribution in [2.45, 2.75) is 51.5 Å². The molecule has 1 fully saturated rings. The standard InChI is InChI=1S/C22H30N4O4S/c1-5-26(6-2)31(28,29)20-11-9-18(10-12-20)22(27)25-13-7-8-19(15-25)30-21-14-16(3)23-17(4)24-21/h9-12,14,19H,5-8,13,15H2,1-4H3. The van der Waals surface area contributed by atoms with Gasteiger partial charge in [0.25, 0.3) is 5.91 Å². The Labute approximate surface area is 184 Å². The summed E-state index contributed by atoms with van der Waals surface area (Å²) < 4.78 is 32.7. The van der Waals surface area contributed by atoms with E-state index in [0.717, 1.165) is 18.5 Å². The van der Waals surface area contributed by atoms with Crippen molar-refractivity contribution >= 4 is 15.9 Å². The lowest BCUT2D eigenvalue weighted by atomic mass is 10.1. The van der Waals surface area contributed by atoms with E-state index in [1.807, 2.05) is 13.8 Å². The molecule has 1 aliphatic rings. The van der Waals surface area contributed by atoms with E-state index < -0.39 is 10.0 Å². The van der Waals surface area contributed by atoms with Crippen molar-refractivity contribution in [1.29, 1.82) is 0 Å². The minimum atomic E-state index is -3.54. The first-order valence-corrected chi connectivity index (χ1v) is 12.1. The highest BCUT2D eigenvalue weighted by atomic mass is 32.2. The van der Waals surface area contributed by atoms with Gasteiger partial charge in [0.1, 0.15) is 11.9 Å². The molecule has 0 aliphatic carbocycles. The molecule has 0 bridgehead atoms. The van der Waals surface area contributed by atoms with Crippen molar-refractivity contribution in [2.75, 3.05) is 26.2 Å². The van der Waals surface area contributed by atoms with E-state index in [4.69, 9.17) is 4.74 Å². The normalized spacial score (nSPS) is 17.1. The van der Waals surface area contributed by atoms with Gasteiger partial charge in [-0.25, -0.2) is 13.4 Å². The number of carbonyl (C=O) groups excluding carboxylic acids is 1. The van der Waals surface area contributed by atoms with E-state index in [9.17, 15) is 13.2 Å². The zero-order valence-corrected chi connectivity index (χ0v) is 19.4. The lowest BCUT2D eigenvalue weighted by Gasteiger charge is -2.32. The first-order chi connectivity index (χ1) is 14.7. The Morgan fingerprint density at radius 1 is 1.16 bits per heavy atom. The van der Waals surface area contributed by atoms with Crippen molar-refractivity contribution in [3.05, 3.63) is 47.4 Å². The topological polar surface area (TPSA) is 92.7 Å². The third kappa shape index (κ3) is 5.40. The van der Waals surface area contributed by atoms with E-state index in [0.29, 0.717) is 43.4 Å². The predicted molar refractivity (Wildman–Crippen MR) is 118 cm³/mol. The summed E-state index contributed by atoms with van der Waals surface area (Å²) in [4.78, 5) is 23.5. The maximum absolute atomic E-state index is 13.0. The third-order valence-corrected chi connectivity index (χ3v) is 7.40. The van der Waals surface area contributed by atoms with Gasteiger partial charge in [0, 0.05) is 37.0 Å². The SMILES string of the molecule is CCN(CC)S(=O)(=O)c1ccc(C(=O)N2CCCC(Oc3cc(C)nc(C)n3)C2)cc1. The van der Waals surface area contributed by atoms with E-state index in [1.165, 1.54) is 16.4 Å². The lowest BCUT2D eigenvalue weighted by molar-refractivity contribution is 0.0526. The number of rotatable bonds is 7. The molecule has 0 N–H and O–H groups in total. The van der Waals surface area contributed by atoms with Crippen LogP contribution in [-0.4, -0.2) is 65.8 Å². The Morgan fingerprint density at radius 3 is 2.45 bits per heavy atom. The van der Waals surface area contributed by atoms with Gasteiger partial charge in [0.2, 0.25) is 15.9 Å². The van der Waals surface area contributed by atoms with Crippen molar-refractivity contribution in [1.82, 2.24) is 19.2 Å². The molecular weight excluding hydrogens is 416 g/mol. The molecular formula is C22H30N4O4S. The monoisotopic (exact) mass is 446 g/mol. The van der Waals surface area contributed by atoms with Gasteiger partial charge in [-0.2, -0.15) is 9.29 Å². The summed E-state index contributed by atoms with van der Waals surface area (Å²) in [5.41, 5.74) is 1.30. The summed E-state index contributed by atoms with van der Waals surface area (Å²) >= 11 is 0. The Bertz CT molecular complexity index is 1000. The first-order valence-electron chi connectivity index (χ1n) is 10.6. The van der Waals surface area contributed by atoms with Gasteiger partial charge in [-0.15, -0.1) is 0 Å². The Kier molecular flexibility index (Phi) is 7.27. The smallest absolute Gasteiger partial charge is 0.253 e. The molecule has 1 aromatic carbocycles. The van der Waals surface area contributed by atoms with Crippen LogP contribution in [0.25, 0.3) is 0 Å². The van der Waals surface area contributed by atoms with E-state index in [1.54, 1.807) is 36.9 Å². The van der Waals surface area contributed by atoms with Crippen LogP contribution in [0.4, 0.5) is 0 Å². The molecule has 8 nitrogen and oxygen atoms in total. The maximum Gasteiger partial charge on any atom is 0.253 e. The zero-order valence-electron chi connectivity index (χ0n) is 18.5. The van der Waals surface area contributed by atoms with Crippen LogP contribution in [0.15, 0.2) is 35.2 Å². The number of sulfonamides is 1. The fraction of sp³-hybridized carbons (Fsp3) is 0.500. The number of carbonyl (C=O) groups is 1. The molecule has 0 spiro atoms. The van der Waals surface area contributed by atoms with Crippen LogP contribution >= 0.6 is 0 Å². The molecule has 1 saturated heterocycles. The van der Waals surface area contributed by atoms with Crippen molar-refractivity contribution in [2.24, 2.45) is 0 Å². The van der Waals surface area contributed by atoms with Crippen molar-refractivity contribution in [3.63, 3.8) is 0 Å². The highest BCUT2D eigenvalue weighted by Gasteiger charge is 2.27. The van der Waals surface area contributed by atoms with E-state index in [-0.39, 0.29) is 16.9 Å². The van der Waals surface area contributed by atoms with Gasteiger partial charge in [0.05, 0.1) is 11.4 Å². The molecule has 0 radical (unpaired) electrons. The average molecular weight is 447 g/mol. The second-order valence-corrected chi connectivity index (χ2v) is 9.58. The maximum atomic E-state index is 13.0. The molecule has 3 rings (SSSR count). The molecule has 1 unspecified atom stereocenters. The molecule has 1 aromatic heterocycles. The lowest BCUT2D eigenvalue weighted by Crippen LogP contribution is -2.44. The number of hydrogen-bond acceptors (Lipinski definition) is 6. The molecule has 168 valence electrons. The van der Waals surface area contributed by atoms with Crippen LogP contribution in [0, 0.1) is 13.8 Å². The molecule has 1 atom stereocenters. The van der Waals surface area contributed by atoms with Gasteiger partial charge in [-0.3, -0.25) is 4.79 Å². The fourth-order valence-electron chi connectivity index (χ4n) is 3.80. The third-order valence-electron chi connectivity index (χ3n) is 5.34. The molecule has 1 aliphatic heterocycles. The summed E-state index contributed by atoms with van der Waals surface area (Å²) in [5, 5.41) is 0. The van der Waals surface area contributed by atoms with Gasteiger partial charge >= 0.3 is 0 Å². The number of ether oxygens (including phenoxy) is 1. The number of piperidine rings is 1. The van der Waals surface area contributed by atoms with Gasteiger partial charge < -0.3 is 9.64 Å². The van der Waals surface area contributed by atoms with Crippen LogP contribution in [0.3, 0.4) is 0 Å². The van der Waals surface area contributed by atoms with E-state index in [2.05, 4.69) is 9.97 Å². The molecule has 9 heteroatoms. The van der Waals surface area contributed by atoms with Crippen LogP contribution in [0.5, 0.6) is 5.88 Å². The van der Waals surface area contributed by atoms with Crippen LogP contribution in [0.1, 0.15) is 48.6 Å². The Hall–Kier alpha value is -2.52. The number of aromatic nitrogens is 2. The zero-order chi connectivity index (χ0) is 22.6. The van der Waals surface area contributed by atoms with E-state index >= 15 is 0 Å². The number of nitrogens with zero attached hydrogens (tertiary/aromatic N) is 4. The second-order valence-electron chi connectivity index (χ2n) is 7.64. The quantitative estimate of drug-likeness (QED) is 0.649. The van der Waals surface area contributed by atoms with Gasteiger partial charge in [-0.1, -0.05) is 13.8 Å². The largest absolute Gasteiger partial charge is 0.472 e. The highest BCUT2D eigenvalue weighted by Crippen LogP contribution is 2.21. The van der Waals surface area contributed by atoms with Crippen LogP contribution in [-0.2, 0) is 10.0 Å². The molecule has 1 amide bonds. The Morgan fingerprint density at radius 2 is 1.84 bits per heavy atom. The first kappa shape index (κ1) is 23.1. The highest BCUT2D eigenvalue weighted by molar-refractivity contribution is 7.89. The summed E-state index contributed by atoms with van der Waals surface area (Å²) in [7, 11) is -3.54. The second kappa shape index (κ2) is 9.74. The van der Waals surface area contributed by atoms with Crippen molar-refractivity contribution < 1.29 is 17.9 Å². The van der Waals surface area contributed by atoms with Gasteiger partial charge in [-0.05, 0) is 51.0 Å². The number of amides is 1. The van der Waals surface area contributed by atoms with Crippen LogP contribution in [0.2, 0.25) is 0 Å². The molecule has 31 heavy (non-hydrogen) atoms.